The van der Waals surface area contributed by atoms with Gasteiger partial charge in [-0.3, -0.25) is 4.79 Å². The van der Waals surface area contributed by atoms with Crippen LogP contribution in [-0.4, -0.2) is 49.1 Å². The van der Waals surface area contributed by atoms with Gasteiger partial charge in [0.25, 0.3) is 0 Å². The Kier molecular flexibility index (Phi) is 6.20. The van der Waals surface area contributed by atoms with Crippen LogP contribution in [0.25, 0.3) is 0 Å². The third kappa shape index (κ3) is 4.96. The monoisotopic (exact) mass is 332 g/mol. The van der Waals surface area contributed by atoms with E-state index in [2.05, 4.69) is 16.0 Å². The van der Waals surface area contributed by atoms with Crippen LogP contribution in [0, 0.1) is 5.92 Å². The van der Waals surface area contributed by atoms with E-state index in [0.717, 1.165) is 32.5 Å². The van der Waals surface area contributed by atoms with E-state index in [1.807, 2.05) is 30.1 Å². The van der Waals surface area contributed by atoms with E-state index in [9.17, 15) is 9.59 Å². The maximum absolute atomic E-state index is 12.8. The molecule has 0 spiro atoms. The number of hydrogen-bond acceptors (Lipinski definition) is 3. The Morgan fingerprint density at radius 2 is 1.96 bits per heavy atom. The molecule has 1 atom stereocenters. The number of anilines is 1. The quantitative estimate of drug-likeness (QED) is 0.772. The van der Waals surface area contributed by atoms with Gasteiger partial charge in [0, 0.05) is 18.8 Å². The van der Waals surface area contributed by atoms with Crippen LogP contribution in [0.2, 0.25) is 0 Å². The highest BCUT2D eigenvalue weighted by atomic mass is 16.2. The van der Waals surface area contributed by atoms with Crippen molar-refractivity contribution in [3.63, 3.8) is 0 Å². The molecule has 0 aromatic heterocycles. The number of rotatable bonds is 5. The Morgan fingerprint density at radius 3 is 2.62 bits per heavy atom. The van der Waals surface area contributed by atoms with Crippen molar-refractivity contribution in [1.82, 2.24) is 15.5 Å². The SMILES string of the molecule is CNCC1CCCN(C(=O)C(C)(C)NC(=O)Nc2ccccc2)C1. The summed E-state index contributed by atoms with van der Waals surface area (Å²) in [4.78, 5) is 26.9. The number of amides is 3. The number of urea groups is 1. The molecular formula is C18H28N4O2. The Balaban J connectivity index is 1.93. The Bertz CT molecular complexity index is 557. The molecule has 0 saturated carbocycles. The zero-order valence-corrected chi connectivity index (χ0v) is 14.8. The van der Waals surface area contributed by atoms with E-state index < -0.39 is 5.54 Å². The molecule has 3 amide bonds. The fourth-order valence-corrected chi connectivity index (χ4v) is 3.12. The minimum atomic E-state index is -0.944. The topological polar surface area (TPSA) is 73.5 Å². The molecule has 1 aliphatic rings. The summed E-state index contributed by atoms with van der Waals surface area (Å²) >= 11 is 0. The van der Waals surface area contributed by atoms with Gasteiger partial charge in [-0.25, -0.2) is 4.79 Å². The van der Waals surface area contributed by atoms with E-state index in [1.54, 1.807) is 26.0 Å². The molecule has 1 aromatic carbocycles. The smallest absolute Gasteiger partial charge is 0.320 e. The second-order valence-electron chi connectivity index (χ2n) is 6.89. The lowest BCUT2D eigenvalue weighted by Gasteiger charge is -2.37. The molecule has 132 valence electrons. The predicted molar refractivity (Wildman–Crippen MR) is 95.9 cm³/mol. The van der Waals surface area contributed by atoms with Crippen LogP contribution in [-0.2, 0) is 4.79 Å². The molecule has 0 bridgehead atoms. The maximum atomic E-state index is 12.8. The van der Waals surface area contributed by atoms with Crippen molar-refractivity contribution in [1.29, 1.82) is 0 Å². The van der Waals surface area contributed by atoms with Gasteiger partial charge in [-0.05, 0) is 58.3 Å². The number of nitrogens with one attached hydrogen (secondary N) is 3. The largest absolute Gasteiger partial charge is 0.340 e. The lowest BCUT2D eigenvalue weighted by molar-refractivity contribution is -0.138. The first-order valence-electron chi connectivity index (χ1n) is 8.50. The van der Waals surface area contributed by atoms with E-state index in [-0.39, 0.29) is 11.9 Å². The van der Waals surface area contributed by atoms with Crippen molar-refractivity contribution >= 4 is 17.6 Å². The second-order valence-corrected chi connectivity index (χ2v) is 6.89. The zero-order chi connectivity index (χ0) is 17.6. The van der Waals surface area contributed by atoms with Crippen LogP contribution in [0.3, 0.4) is 0 Å². The summed E-state index contributed by atoms with van der Waals surface area (Å²) in [6.45, 7) is 5.91. The van der Waals surface area contributed by atoms with Gasteiger partial charge in [0.1, 0.15) is 5.54 Å². The predicted octanol–water partition coefficient (Wildman–Crippen LogP) is 2.04. The average Bonchev–Trinajstić information content (AvgIpc) is 2.55. The van der Waals surface area contributed by atoms with Crippen LogP contribution >= 0.6 is 0 Å². The first kappa shape index (κ1) is 18.3. The number of benzene rings is 1. The van der Waals surface area contributed by atoms with Gasteiger partial charge in [-0.1, -0.05) is 18.2 Å². The lowest BCUT2D eigenvalue weighted by atomic mass is 9.95. The summed E-state index contributed by atoms with van der Waals surface area (Å²) in [5, 5.41) is 8.72. The van der Waals surface area contributed by atoms with E-state index in [1.165, 1.54) is 0 Å². The minimum Gasteiger partial charge on any atom is -0.340 e. The number of hydrogen-bond donors (Lipinski definition) is 3. The molecule has 6 nitrogen and oxygen atoms in total. The van der Waals surface area contributed by atoms with Gasteiger partial charge < -0.3 is 20.9 Å². The number of carbonyl (C=O) groups excluding carboxylic acids is 2. The fourth-order valence-electron chi connectivity index (χ4n) is 3.12. The van der Waals surface area contributed by atoms with Gasteiger partial charge in [0.2, 0.25) is 5.91 Å². The third-order valence-corrected chi connectivity index (χ3v) is 4.29. The first-order valence-corrected chi connectivity index (χ1v) is 8.50. The average molecular weight is 332 g/mol. The van der Waals surface area contributed by atoms with Gasteiger partial charge in [0.05, 0.1) is 0 Å². The summed E-state index contributed by atoms with van der Waals surface area (Å²) in [5.41, 5.74) is -0.245. The second kappa shape index (κ2) is 8.15. The van der Waals surface area contributed by atoms with Gasteiger partial charge in [-0.15, -0.1) is 0 Å². The molecule has 2 rings (SSSR count). The van der Waals surface area contributed by atoms with Crippen molar-refractivity contribution in [2.75, 3.05) is 32.0 Å². The lowest BCUT2D eigenvalue weighted by Crippen LogP contribution is -2.58. The van der Waals surface area contributed by atoms with Crippen LogP contribution in [0.15, 0.2) is 30.3 Å². The summed E-state index contributed by atoms with van der Waals surface area (Å²) < 4.78 is 0. The highest BCUT2D eigenvalue weighted by Gasteiger charge is 2.35. The van der Waals surface area contributed by atoms with Crippen molar-refractivity contribution < 1.29 is 9.59 Å². The van der Waals surface area contributed by atoms with E-state index in [0.29, 0.717) is 11.6 Å². The molecule has 6 heteroatoms. The Labute approximate surface area is 144 Å². The molecule has 1 saturated heterocycles. The van der Waals surface area contributed by atoms with Crippen molar-refractivity contribution in [2.24, 2.45) is 5.92 Å². The Morgan fingerprint density at radius 1 is 1.25 bits per heavy atom. The number of likely N-dealkylation sites (tertiary alicyclic amines) is 1. The number of nitrogens with zero attached hydrogens (tertiary/aromatic N) is 1. The van der Waals surface area contributed by atoms with Crippen molar-refractivity contribution in [3.8, 4) is 0 Å². The van der Waals surface area contributed by atoms with E-state index in [4.69, 9.17) is 0 Å². The highest BCUT2D eigenvalue weighted by Crippen LogP contribution is 2.19. The first-order chi connectivity index (χ1) is 11.4. The summed E-state index contributed by atoms with van der Waals surface area (Å²) in [5.74, 6) is 0.438. The molecule has 0 radical (unpaired) electrons. The number of piperidine rings is 1. The summed E-state index contributed by atoms with van der Waals surface area (Å²) in [6.07, 6.45) is 2.14. The van der Waals surface area contributed by atoms with Crippen molar-refractivity contribution in [2.45, 2.75) is 32.2 Å². The number of carbonyl (C=O) groups is 2. The minimum absolute atomic E-state index is 0.0356. The van der Waals surface area contributed by atoms with Crippen LogP contribution in [0.4, 0.5) is 10.5 Å². The third-order valence-electron chi connectivity index (χ3n) is 4.29. The van der Waals surface area contributed by atoms with Crippen LogP contribution in [0.1, 0.15) is 26.7 Å². The summed E-state index contributed by atoms with van der Waals surface area (Å²) in [7, 11) is 1.93. The normalized spacial score (nSPS) is 18.1. The highest BCUT2D eigenvalue weighted by molar-refractivity contribution is 5.95. The number of para-hydroxylation sites is 1. The molecule has 1 aliphatic heterocycles. The maximum Gasteiger partial charge on any atom is 0.320 e. The molecule has 1 heterocycles. The molecule has 3 N–H and O–H groups in total. The van der Waals surface area contributed by atoms with E-state index >= 15 is 0 Å². The molecule has 1 unspecified atom stereocenters. The van der Waals surface area contributed by atoms with Gasteiger partial charge in [0.15, 0.2) is 0 Å². The molecule has 24 heavy (non-hydrogen) atoms. The van der Waals surface area contributed by atoms with Gasteiger partial charge in [-0.2, -0.15) is 0 Å². The van der Waals surface area contributed by atoms with Crippen LogP contribution in [0.5, 0.6) is 0 Å². The van der Waals surface area contributed by atoms with Gasteiger partial charge >= 0.3 is 6.03 Å². The molecule has 1 fully saturated rings. The van der Waals surface area contributed by atoms with Crippen LogP contribution < -0.4 is 16.0 Å². The zero-order valence-electron chi connectivity index (χ0n) is 14.8. The fraction of sp³-hybridized carbons (Fsp3) is 0.556. The summed E-state index contributed by atoms with van der Waals surface area (Å²) in [6, 6.07) is 8.82. The molecule has 1 aromatic rings. The molecular weight excluding hydrogens is 304 g/mol. The standard InChI is InChI=1S/C18H28N4O2/c1-18(2,21-17(24)20-15-9-5-4-6-10-15)16(23)22-11-7-8-14(13-22)12-19-3/h4-6,9-10,14,19H,7-8,11-13H2,1-3H3,(H2,20,21,24). The Hall–Kier alpha value is -2.08. The van der Waals surface area contributed by atoms with Crippen molar-refractivity contribution in [3.05, 3.63) is 30.3 Å². The molecule has 0 aliphatic carbocycles.